The Balaban J connectivity index is 1.70. The number of aryl methyl sites for hydroxylation is 1. The Morgan fingerprint density at radius 3 is 2.38 bits per heavy atom. The summed E-state index contributed by atoms with van der Waals surface area (Å²) in [6, 6.07) is 17.4. The molecule has 0 atom stereocenters. The summed E-state index contributed by atoms with van der Waals surface area (Å²) in [6.07, 6.45) is 1.56. The molecule has 0 unspecified atom stereocenters. The van der Waals surface area contributed by atoms with Gasteiger partial charge in [0.1, 0.15) is 0 Å². The van der Waals surface area contributed by atoms with Gasteiger partial charge in [0.2, 0.25) is 0 Å². The molecule has 2 heterocycles. The van der Waals surface area contributed by atoms with Crippen molar-refractivity contribution in [2.75, 3.05) is 18.0 Å². The molecule has 0 radical (unpaired) electrons. The fourth-order valence-electron chi connectivity index (χ4n) is 4.09. The Hall–Kier alpha value is -3.87. The lowest BCUT2D eigenvalue weighted by molar-refractivity contribution is 0.771. The van der Waals surface area contributed by atoms with Crippen LogP contribution in [-0.4, -0.2) is 33.5 Å². The van der Waals surface area contributed by atoms with E-state index in [0.29, 0.717) is 10.9 Å². The summed E-state index contributed by atoms with van der Waals surface area (Å²) >= 11 is 0. The van der Waals surface area contributed by atoms with E-state index in [1.54, 1.807) is 30.5 Å². The molecule has 2 aromatic heterocycles. The monoisotopic (exact) mass is 429 g/mol. The number of nitrogens with zero attached hydrogens (tertiary/aromatic N) is 4. The highest BCUT2D eigenvalue weighted by molar-refractivity contribution is 5.82. The van der Waals surface area contributed by atoms with Crippen LogP contribution in [0, 0.1) is 13.8 Å². The number of benzene rings is 2. The van der Waals surface area contributed by atoms with Gasteiger partial charge in [-0.2, -0.15) is 5.10 Å². The third-order valence-corrected chi connectivity index (χ3v) is 5.80. The molecule has 0 saturated heterocycles. The van der Waals surface area contributed by atoms with Gasteiger partial charge in [-0.25, -0.2) is 4.79 Å². The third-order valence-electron chi connectivity index (χ3n) is 5.80. The minimum atomic E-state index is -0.564. The summed E-state index contributed by atoms with van der Waals surface area (Å²) in [5.41, 5.74) is 4.60. The van der Waals surface area contributed by atoms with Gasteiger partial charge in [-0.3, -0.25) is 4.79 Å². The smallest absolute Gasteiger partial charge is 0.349 e. The van der Waals surface area contributed by atoms with E-state index >= 15 is 0 Å². The Bertz CT molecular complexity index is 1400. The Morgan fingerprint density at radius 2 is 1.69 bits per heavy atom. The number of nitrogens with one attached hydrogen (secondary N) is 1. The van der Waals surface area contributed by atoms with Crippen LogP contribution < -0.4 is 16.1 Å². The number of hydrogen-bond acceptors (Lipinski definition) is 4. The van der Waals surface area contributed by atoms with E-state index in [2.05, 4.69) is 57.7 Å². The minimum Gasteiger partial charge on any atom is -0.372 e. The zero-order chi connectivity index (χ0) is 22.8. The van der Waals surface area contributed by atoms with E-state index in [0.717, 1.165) is 40.4 Å². The molecule has 0 aliphatic rings. The second-order valence-electron chi connectivity index (χ2n) is 7.69. The lowest BCUT2D eigenvalue weighted by atomic mass is 10.2. The maximum absolute atomic E-state index is 12.7. The largest absolute Gasteiger partial charge is 0.372 e. The number of rotatable bonds is 6. The molecule has 32 heavy (non-hydrogen) atoms. The Labute approximate surface area is 186 Å². The van der Waals surface area contributed by atoms with Crippen molar-refractivity contribution in [3.05, 3.63) is 92.4 Å². The summed E-state index contributed by atoms with van der Waals surface area (Å²) in [4.78, 5) is 30.1. The first-order chi connectivity index (χ1) is 15.4. The third kappa shape index (κ3) is 3.77. The minimum absolute atomic E-state index is 0.419. The maximum atomic E-state index is 12.7. The summed E-state index contributed by atoms with van der Waals surface area (Å²) in [7, 11) is 0. The van der Waals surface area contributed by atoms with Crippen molar-refractivity contribution in [1.82, 2.24) is 14.2 Å². The average Bonchev–Trinajstić information content (AvgIpc) is 3.08. The predicted molar refractivity (Wildman–Crippen MR) is 131 cm³/mol. The molecule has 4 rings (SSSR count). The van der Waals surface area contributed by atoms with Crippen LogP contribution in [0.1, 0.15) is 30.8 Å². The average molecular weight is 430 g/mol. The van der Waals surface area contributed by atoms with E-state index in [4.69, 9.17) is 0 Å². The molecule has 164 valence electrons. The van der Waals surface area contributed by atoms with Crippen LogP contribution in [0.3, 0.4) is 0 Å². The molecular formula is C25H27N5O2. The van der Waals surface area contributed by atoms with Crippen molar-refractivity contribution < 1.29 is 0 Å². The normalized spacial score (nSPS) is 11.5. The predicted octanol–water partition coefficient (Wildman–Crippen LogP) is 3.83. The lowest BCUT2D eigenvalue weighted by Gasteiger charge is -2.21. The number of aromatic amines is 1. The molecule has 7 heteroatoms. The van der Waals surface area contributed by atoms with Gasteiger partial charge in [-0.05, 0) is 70.2 Å². The Morgan fingerprint density at radius 1 is 1.00 bits per heavy atom. The number of para-hydroxylation sites is 1. The molecular weight excluding hydrogens is 402 g/mol. The summed E-state index contributed by atoms with van der Waals surface area (Å²) in [6.45, 7) is 10.2. The highest BCUT2D eigenvalue weighted by atomic mass is 16.2. The first kappa shape index (κ1) is 21.4. The van der Waals surface area contributed by atoms with Crippen LogP contribution in [0.15, 0.2) is 69.3 Å². The van der Waals surface area contributed by atoms with E-state index in [-0.39, 0.29) is 0 Å². The SMILES string of the molecule is CCN(CC)c1ccc(-n2c(C)cc(C=Nn3c(=O)[nH]c4ccccc4c3=O)c2C)cc1. The van der Waals surface area contributed by atoms with E-state index < -0.39 is 11.2 Å². The van der Waals surface area contributed by atoms with E-state index in [9.17, 15) is 9.59 Å². The fraction of sp³-hybridized carbons (Fsp3) is 0.240. The van der Waals surface area contributed by atoms with Crippen molar-refractivity contribution in [2.45, 2.75) is 27.7 Å². The quantitative estimate of drug-likeness (QED) is 0.474. The Kier molecular flexibility index (Phi) is 5.81. The van der Waals surface area contributed by atoms with Crippen LogP contribution in [0.4, 0.5) is 5.69 Å². The highest BCUT2D eigenvalue weighted by Gasteiger charge is 2.11. The first-order valence-electron chi connectivity index (χ1n) is 10.8. The van der Waals surface area contributed by atoms with Gasteiger partial charge in [-0.1, -0.05) is 12.1 Å². The zero-order valence-corrected chi connectivity index (χ0v) is 18.8. The number of fused-ring (bicyclic) bond motifs is 1. The molecule has 0 bridgehead atoms. The molecule has 2 aromatic carbocycles. The highest BCUT2D eigenvalue weighted by Crippen LogP contribution is 2.23. The van der Waals surface area contributed by atoms with E-state index in [1.807, 2.05) is 19.9 Å². The molecule has 0 fully saturated rings. The van der Waals surface area contributed by atoms with Crippen molar-refractivity contribution in [3.63, 3.8) is 0 Å². The van der Waals surface area contributed by atoms with Crippen molar-refractivity contribution in [2.24, 2.45) is 5.10 Å². The zero-order valence-electron chi connectivity index (χ0n) is 18.8. The van der Waals surface area contributed by atoms with Gasteiger partial charge in [0.25, 0.3) is 5.56 Å². The fourth-order valence-corrected chi connectivity index (χ4v) is 4.09. The molecule has 7 nitrogen and oxygen atoms in total. The molecule has 4 aromatic rings. The number of hydrogen-bond donors (Lipinski definition) is 1. The summed E-state index contributed by atoms with van der Waals surface area (Å²) in [5.74, 6) is 0. The van der Waals surface area contributed by atoms with E-state index in [1.165, 1.54) is 5.69 Å². The van der Waals surface area contributed by atoms with Gasteiger partial charge in [-0.15, -0.1) is 4.68 Å². The van der Waals surface area contributed by atoms with Crippen LogP contribution in [0.2, 0.25) is 0 Å². The molecule has 0 saturated carbocycles. The summed E-state index contributed by atoms with van der Waals surface area (Å²) in [5, 5.41) is 4.63. The molecule has 0 spiro atoms. The first-order valence-corrected chi connectivity index (χ1v) is 10.8. The molecule has 0 aliphatic carbocycles. The van der Waals surface area contributed by atoms with Crippen LogP contribution in [0.5, 0.6) is 0 Å². The van der Waals surface area contributed by atoms with Gasteiger partial charge < -0.3 is 14.5 Å². The van der Waals surface area contributed by atoms with Crippen molar-refractivity contribution in [3.8, 4) is 5.69 Å². The molecule has 1 N–H and O–H groups in total. The van der Waals surface area contributed by atoms with Gasteiger partial charge in [0.05, 0.1) is 17.1 Å². The number of H-pyrrole nitrogens is 1. The van der Waals surface area contributed by atoms with Gasteiger partial charge >= 0.3 is 5.69 Å². The molecule has 0 amide bonds. The number of aromatic nitrogens is 3. The maximum Gasteiger partial charge on any atom is 0.349 e. The summed E-state index contributed by atoms with van der Waals surface area (Å²) < 4.78 is 3.01. The van der Waals surface area contributed by atoms with Gasteiger partial charge in [0, 0.05) is 41.4 Å². The van der Waals surface area contributed by atoms with Gasteiger partial charge in [0.15, 0.2) is 0 Å². The van der Waals surface area contributed by atoms with Crippen LogP contribution in [-0.2, 0) is 0 Å². The lowest BCUT2D eigenvalue weighted by Crippen LogP contribution is -2.32. The molecule has 0 aliphatic heterocycles. The second-order valence-corrected chi connectivity index (χ2v) is 7.69. The topological polar surface area (TPSA) is 75.4 Å². The van der Waals surface area contributed by atoms with Crippen LogP contribution >= 0.6 is 0 Å². The number of anilines is 1. The standard InChI is InChI=1S/C25H27N5O2/c1-5-28(6-2)20-11-13-21(14-12-20)29-17(3)15-19(18(29)4)16-26-30-24(31)22-9-7-8-10-23(22)27-25(30)32/h7-16H,5-6H2,1-4H3,(H,27,32). The van der Waals surface area contributed by atoms with Crippen molar-refractivity contribution in [1.29, 1.82) is 0 Å². The van der Waals surface area contributed by atoms with Crippen LogP contribution in [0.25, 0.3) is 16.6 Å². The van der Waals surface area contributed by atoms with Crippen molar-refractivity contribution >= 4 is 22.8 Å². The second kappa shape index (κ2) is 8.70.